The molecule has 17 heavy (non-hydrogen) atoms. The minimum atomic E-state index is 0.157. The largest absolute Gasteiger partial charge is 0.320 e. The molecule has 0 amide bonds. The lowest BCUT2D eigenvalue weighted by molar-refractivity contribution is 0.0945. The predicted octanol–water partition coefficient (Wildman–Crippen LogP) is 2.17. The van der Waals surface area contributed by atoms with Crippen molar-refractivity contribution in [3.8, 4) is 0 Å². The van der Waals surface area contributed by atoms with Crippen molar-refractivity contribution < 1.29 is 4.79 Å². The molecule has 0 atom stereocenters. The van der Waals surface area contributed by atoms with Gasteiger partial charge in [-0.2, -0.15) is 0 Å². The van der Waals surface area contributed by atoms with E-state index in [1.54, 1.807) is 0 Å². The fourth-order valence-electron chi connectivity index (χ4n) is 1.62. The van der Waals surface area contributed by atoms with Gasteiger partial charge in [0.15, 0.2) is 5.78 Å². The Morgan fingerprint density at radius 2 is 2.12 bits per heavy atom. The lowest BCUT2D eigenvalue weighted by Crippen LogP contribution is -2.28. The Hall–Kier alpha value is -0.710. The number of halogens is 1. The number of nitrogens with zero attached hydrogens (tertiary/aromatic N) is 1. The molecule has 0 heterocycles. The van der Waals surface area contributed by atoms with Gasteiger partial charge in [0.1, 0.15) is 0 Å². The molecule has 1 rings (SSSR count). The zero-order valence-electron chi connectivity index (χ0n) is 10.4. The average molecular weight is 299 g/mol. The summed E-state index contributed by atoms with van der Waals surface area (Å²) < 4.78 is 0.869. The van der Waals surface area contributed by atoms with Gasteiger partial charge >= 0.3 is 0 Å². The van der Waals surface area contributed by atoms with Gasteiger partial charge in [-0.15, -0.1) is 0 Å². The minimum Gasteiger partial charge on any atom is -0.320 e. The van der Waals surface area contributed by atoms with Gasteiger partial charge < -0.3 is 5.32 Å². The first-order valence-electron chi connectivity index (χ1n) is 5.76. The third-order valence-corrected chi connectivity index (χ3v) is 3.25. The number of hydrogen-bond donors (Lipinski definition) is 1. The van der Waals surface area contributed by atoms with Crippen molar-refractivity contribution in [1.29, 1.82) is 0 Å². The highest BCUT2D eigenvalue weighted by Gasteiger charge is 2.11. The molecule has 1 N–H and O–H groups in total. The number of hydrogen-bond acceptors (Lipinski definition) is 3. The van der Waals surface area contributed by atoms with Crippen LogP contribution in [0.3, 0.4) is 0 Å². The second-order valence-corrected chi connectivity index (χ2v) is 4.95. The summed E-state index contributed by atoms with van der Waals surface area (Å²) in [5.74, 6) is 0.157. The van der Waals surface area contributed by atoms with Crippen molar-refractivity contribution >= 4 is 21.7 Å². The van der Waals surface area contributed by atoms with Crippen LogP contribution in [0.25, 0.3) is 0 Å². The molecular formula is C13H19BrN2O. The molecule has 0 aliphatic heterocycles. The second kappa shape index (κ2) is 7.58. The van der Waals surface area contributed by atoms with Crippen molar-refractivity contribution in [2.75, 3.05) is 33.7 Å². The number of nitrogens with one attached hydrogen (secondary N) is 1. The van der Waals surface area contributed by atoms with E-state index in [9.17, 15) is 4.79 Å². The molecule has 0 aliphatic rings. The summed E-state index contributed by atoms with van der Waals surface area (Å²) in [5, 5.41) is 3.10. The van der Waals surface area contributed by atoms with E-state index >= 15 is 0 Å². The van der Waals surface area contributed by atoms with Gasteiger partial charge in [0.2, 0.25) is 0 Å². The Labute approximate surface area is 111 Å². The van der Waals surface area contributed by atoms with Crippen molar-refractivity contribution in [3.63, 3.8) is 0 Å². The van der Waals surface area contributed by atoms with E-state index in [-0.39, 0.29) is 5.78 Å². The van der Waals surface area contributed by atoms with Crippen molar-refractivity contribution in [2.24, 2.45) is 0 Å². The first-order valence-corrected chi connectivity index (χ1v) is 6.55. The first-order chi connectivity index (χ1) is 8.15. The molecule has 0 spiro atoms. The third kappa shape index (κ3) is 4.98. The number of carbonyl (C=O) groups excluding carboxylic acids is 1. The maximum Gasteiger partial charge on any atom is 0.177 e. The highest BCUT2D eigenvalue weighted by Crippen LogP contribution is 2.16. The third-order valence-electron chi connectivity index (χ3n) is 2.55. The summed E-state index contributed by atoms with van der Waals surface area (Å²) in [4.78, 5) is 14.1. The van der Waals surface area contributed by atoms with Crippen molar-refractivity contribution in [3.05, 3.63) is 34.3 Å². The van der Waals surface area contributed by atoms with Crippen LogP contribution in [0.5, 0.6) is 0 Å². The number of benzene rings is 1. The predicted molar refractivity (Wildman–Crippen MR) is 74.5 cm³/mol. The van der Waals surface area contributed by atoms with E-state index in [1.165, 1.54) is 0 Å². The molecule has 3 nitrogen and oxygen atoms in total. The van der Waals surface area contributed by atoms with Crippen LogP contribution in [0.4, 0.5) is 0 Å². The van der Waals surface area contributed by atoms with Gasteiger partial charge in [-0.3, -0.25) is 9.69 Å². The first kappa shape index (κ1) is 14.4. The zero-order chi connectivity index (χ0) is 12.7. The smallest absolute Gasteiger partial charge is 0.177 e. The maximum absolute atomic E-state index is 12.0. The quantitative estimate of drug-likeness (QED) is 0.618. The van der Waals surface area contributed by atoms with Gasteiger partial charge in [-0.1, -0.05) is 34.1 Å². The van der Waals surface area contributed by atoms with Crippen LogP contribution in [0, 0.1) is 0 Å². The molecule has 0 aliphatic carbocycles. The van der Waals surface area contributed by atoms with Crippen LogP contribution in [0.2, 0.25) is 0 Å². The molecule has 0 aromatic heterocycles. The molecule has 0 fully saturated rings. The van der Waals surface area contributed by atoms with Gasteiger partial charge in [-0.25, -0.2) is 0 Å². The second-order valence-electron chi connectivity index (χ2n) is 4.10. The van der Waals surface area contributed by atoms with Gasteiger partial charge in [-0.05, 0) is 39.7 Å². The molecule has 0 radical (unpaired) electrons. The summed E-state index contributed by atoms with van der Waals surface area (Å²) in [6.45, 7) is 2.37. The zero-order valence-corrected chi connectivity index (χ0v) is 12.0. The lowest BCUT2D eigenvalue weighted by Gasteiger charge is -2.15. The van der Waals surface area contributed by atoms with E-state index in [4.69, 9.17) is 0 Å². The molecule has 1 aromatic carbocycles. The summed E-state index contributed by atoms with van der Waals surface area (Å²) >= 11 is 3.40. The fourth-order valence-corrected chi connectivity index (χ4v) is 2.13. The van der Waals surface area contributed by atoms with Crippen LogP contribution in [-0.4, -0.2) is 44.4 Å². The Morgan fingerprint density at radius 1 is 1.41 bits per heavy atom. The number of rotatable bonds is 7. The van der Waals surface area contributed by atoms with E-state index in [2.05, 4.69) is 26.1 Å². The summed E-state index contributed by atoms with van der Waals surface area (Å²) in [6, 6.07) is 7.55. The standard InChI is InChI=1S/C13H19BrN2O/c1-15-8-5-9-16(2)10-13(17)11-6-3-4-7-12(11)14/h3-4,6-7,15H,5,8-10H2,1-2H3. The van der Waals surface area contributed by atoms with Crippen molar-refractivity contribution in [1.82, 2.24) is 10.2 Å². The van der Waals surface area contributed by atoms with Crippen LogP contribution in [0.15, 0.2) is 28.7 Å². The summed E-state index contributed by atoms with van der Waals surface area (Å²) in [5.41, 5.74) is 0.757. The summed E-state index contributed by atoms with van der Waals surface area (Å²) in [7, 11) is 3.91. The molecule has 4 heteroatoms. The highest BCUT2D eigenvalue weighted by atomic mass is 79.9. The SMILES string of the molecule is CNCCCN(C)CC(=O)c1ccccc1Br. The van der Waals surface area contributed by atoms with Crippen LogP contribution in [0.1, 0.15) is 16.8 Å². The molecule has 0 bridgehead atoms. The van der Waals surface area contributed by atoms with Gasteiger partial charge in [0.25, 0.3) is 0 Å². The summed E-state index contributed by atoms with van der Waals surface area (Å²) in [6.07, 6.45) is 1.05. The number of ketones is 1. The van der Waals surface area contributed by atoms with Crippen LogP contribution >= 0.6 is 15.9 Å². The van der Waals surface area contributed by atoms with E-state index in [0.29, 0.717) is 6.54 Å². The lowest BCUT2D eigenvalue weighted by atomic mass is 10.1. The van der Waals surface area contributed by atoms with E-state index < -0.39 is 0 Å². The number of likely N-dealkylation sites (N-methyl/N-ethyl adjacent to an activating group) is 1. The van der Waals surface area contributed by atoms with E-state index in [1.807, 2.05) is 38.4 Å². The number of Topliss-reactive ketones (excluding diaryl/α,β-unsaturated/α-hetero) is 1. The molecule has 0 saturated carbocycles. The monoisotopic (exact) mass is 298 g/mol. The Morgan fingerprint density at radius 3 is 2.76 bits per heavy atom. The molecule has 1 aromatic rings. The molecular weight excluding hydrogens is 280 g/mol. The van der Waals surface area contributed by atoms with Crippen LogP contribution in [-0.2, 0) is 0 Å². The fraction of sp³-hybridized carbons (Fsp3) is 0.462. The Kier molecular flexibility index (Phi) is 6.40. The molecule has 94 valence electrons. The average Bonchev–Trinajstić information content (AvgIpc) is 2.29. The Balaban J connectivity index is 2.46. The van der Waals surface area contributed by atoms with Crippen LogP contribution < -0.4 is 5.32 Å². The molecule has 0 saturated heterocycles. The minimum absolute atomic E-state index is 0.157. The molecule has 0 unspecified atom stereocenters. The number of carbonyl (C=O) groups is 1. The highest BCUT2D eigenvalue weighted by molar-refractivity contribution is 9.10. The van der Waals surface area contributed by atoms with E-state index in [0.717, 1.165) is 29.5 Å². The van der Waals surface area contributed by atoms with Gasteiger partial charge in [0.05, 0.1) is 6.54 Å². The van der Waals surface area contributed by atoms with Gasteiger partial charge in [0, 0.05) is 10.0 Å². The maximum atomic E-state index is 12.0. The van der Waals surface area contributed by atoms with Crippen molar-refractivity contribution in [2.45, 2.75) is 6.42 Å². The Bertz CT molecular complexity index is 368. The normalized spacial score (nSPS) is 10.8. The topological polar surface area (TPSA) is 32.3 Å².